The van der Waals surface area contributed by atoms with Crippen LogP contribution >= 0.6 is 12.6 Å². The van der Waals surface area contributed by atoms with Crippen molar-refractivity contribution in [3.8, 4) is 5.75 Å². The van der Waals surface area contributed by atoms with Gasteiger partial charge in [0.2, 0.25) is 11.8 Å². The fourth-order valence-electron chi connectivity index (χ4n) is 3.45. The molecule has 9 heteroatoms. The van der Waals surface area contributed by atoms with Crippen molar-refractivity contribution in [3.63, 3.8) is 0 Å². The SMILES string of the molecule is CCCC(C)NC(=O)C(c1ccc(O)c(C)c1)N(CC)C(=O)C(CS)NC(=O)OC(C)(C)C. The van der Waals surface area contributed by atoms with Crippen molar-refractivity contribution < 1.29 is 24.2 Å². The number of rotatable bonds is 10. The van der Waals surface area contributed by atoms with E-state index in [1.54, 1.807) is 46.8 Å². The van der Waals surface area contributed by atoms with Crippen LogP contribution in [0, 0.1) is 6.92 Å². The van der Waals surface area contributed by atoms with Gasteiger partial charge in [0.25, 0.3) is 0 Å². The first-order valence-corrected chi connectivity index (χ1v) is 12.0. The van der Waals surface area contributed by atoms with Crippen LogP contribution in [0.5, 0.6) is 5.75 Å². The Labute approximate surface area is 202 Å². The van der Waals surface area contributed by atoms with Gasteiger partial charge >= 0.3 is 6.09 Å². The first kappa shape index (κ1) is 28.6. The number of phenols is 1. The molecule has 0 saturated heterocycles. The van der Waals surface area contributed by atoms with Crippen LogP contribution < -0.4 is 10.6 Å². The summed E-state index contributed by atoms with van der Waals surface area (Å²) < 4.78 is 5.27. The van der Waals surface area contributed by atoms with Crippen LogP contribution in [0.4, 0.5) is 4.79 Å². The fraction of sp³-hybridized carbons (Fsp3) is 0.625. The lowest BCUT2D eigenvalue weighted by Gasteiger charge is -2.34. The van der Waals surface area contributed by atoms with E-state index in [2.05, 4.69) is 23.3 Å². The molecule has 33 heavy (non-hydrogen) atoms. The summed E-state index contributed by atoms with van der Waals surface area (Å²) in [7, 11) is 0. The van der Waals surface area contributed by atoms with Crippen molar-refractivity contribution in [2.45, 2.75) is 85.0 Å². The van der Waals surface area contributed by atoms with Crippen molar-refractivity contribution in [3.05, 3.63) is 29.3 Å². The van der Waals surface area contributed by atoms with Crippen LogP contribution in [0.2, 0.25) is 0 Å². The summed E-state index contributed by atoms with van der Waals surface area (Å²) in [6.45, 7) is 12.9. The number of aryl methyl sites for hydroxylation is 1. The second kappa shape index (κ2) is 12.7. The van der Waals surface area contributed by atoms with Crippen molar-refractivity contribution in [1.82, 2.24) is 15.5 Å². The van der Waals surface area contributed by atoms with Crippen LogP contribution in [0.25, 0.3) is 0 Å². The number of hydrogen-bond acceptors (Lipinski definition) is 6. The molecule has 0 spiro atoms. The summed E-state index contributed by atoms with van der Waals surface area (Å²) in [5.74, 6) is -0.644. The van der Waals surface area contributed by atoms with Crippen molar-refractivity contribution in [2.24, 2.45) is 0 Å². The number of amides is 3. The first-order chi connectivity index (χ1) is 15.3. The molecule has 0 saturated carbocycles. The number of nitrogens with zero attached hydrogens (tertiary/aromatic N) is 1. The molecular formula is C24H39N3O5S. The van der Waals surface area contributed by atoms with Gasteiger partial charge in [-0.3, -0.25) is 9.59 Å². The predicted molar refractivity (Wildman–Crippen MR) is 132 cm³/mol. The highest BCUT2D eigenvalue weighted by molar-refractivity contribution is 7.80. The quantitative estimate of drug-likeness (QED) is 0.381. The van der Waals surface area contributed by atoms with E-state index in [1.807, 2.05) is 13.8 Å². The zero-order valence-electron chi connectivity index (χ0n) is 20.8. The van der Waals surface area contributed by atoms with Gasteiger partial charge in [0, 0.05) is 18.3 Å². The van der Waals surface area contributed by atoms with Gasteiger partial charge < -0.3 is 25.4 Å². The second-order valence-corrected chi connectivity index (χ2v) is 9.52. The number of carbonyl (C=O) groups excluding carboxylic acids is 3. The monoisotopic (exact) mass is 481 g/mol. The van der Waals surface area contributed by atoms with Gasteiger partial charge in [-0.2, -0.15) is 12.6 Å². The molecule has 0 aromatic heterocycles. The molecular weight excluding hydrogens is 442 g/mol. The lowest BCUT2D eigenvalue weighted by molar-refractivity contribution is -0.142. The zero-order valence-corrected chi connectivity index (χ0v) is 21.7. The Morgan fingerprint density at radius 2 is 1.82 bits per heavy atom. The summed E-state index contributed by atoms with van der Waals surface area (Å²) >= 11 is 4.24. The Morgan fingerprint density at radius 1 is 1.18 bits per heavy atom. The molecule has 0 fully saturated rings. The number of nitrogens with one attached hydrogen (secondary N) is 2. The largest absolute Gasteiger partial charge is 0.508 e. The third-order valence-electron chi connectivity index (χ3n) is 5.00. The third-order valence-corrected chi connectivity index (χ3v) is 5.37. The van der Waals surface area contributed by atoms with E-state index >= 15 is 0 Å². The maximum absolute atomic E-state index is 13.5. The van der Waals surface area contributed by atoms with Crippen LogP contribution in [0.1, 0.15) is 71.6 Å². The van der Waals surface area contributed by atoms with E-state index in [4.69, 9.17) is 4.74 Å². The van der Waals surface area contributed by atoms with Gasteiger partial charge in [-0.05, 0) is 71.2 Å². The molecule has 3 atom stereocenters. The minimum Gasteiger partial charge on any atom is -0.508 e. The number of phenolic OH excluding ortho intramolecular Hbond substituents is 1. The summed E-state index contributed by atoms with van der Waals surface area (Å²) in [5.41, 5.74) is 0.435. The van der Waals surface area contributed by atoms with Gasteiger partial charge in [0.1, 0.15) is 23.4 Å². The number of carbonyl (C=O) groups is 3. The Morgan fingerprint density at radius 3 is 2.30 bits per heavy atom. The number of benzene rings is 1. The number of likely N-dealkylation sites (N-methyl/N-ethyl adjacent to an activating group) is 1. The maximum Gasteiger partial charge on any atom is 0.408 e. The van der Waals surface area contributed by atoms with E-state index in [0.717, 1.165) is 12.8 Å². The molecule has 1 aromatic carbocycles. The summed E-state index contributed by atoms with van der Waals surface area (Å²) in [6, 6.07) is 2.83. The molecule has 3 N–H and O–H groups in total. The lowest BCUT2D eigenvalue weighted by Crippen LogP contribution is -2.54. The normalized spacial score (nSPS) is 14.1. The number of thiol groups is 1. The van der Waals surface area contributed by atoms with E-state index < -0.39 is 29.7 Å². The van der Waals surface area contributed by atoms with Gasteiger partial charge in [0.15, 0.2) is 0 Å². The molecule has 0 heterocycles. The second-order valence-electron chi connectivity index (χ2n) is 9.15. The fourth-order valence-corrected chi connectivity index (χ4v) is 3.70. The van der Waals surface area contributed by atoms with E-state index in [-0.39, 0.29) is 30.0 Å². The predicted octanol–water partition coefficient (Wildman–Crippen LogP) is 3.72. The molecule has 186 valence electrons. The average Bonchev–Trinajstić information content (AvgIpc) is 2.70. The van der Waals surface area contributed by atoms with Gasteiger partial charge in [0.05, 0.1) is 0 Å². The van der Waals surface area contributed by atoms with E-state index in [0.29, 0.717) is 11.1 Å². The minimum atomic E-state index is -0.982. The topological polar surface area (TPSA) is 108 Å². The van der Waals surface area contributed by atoms with Crippen LogP contribution in [0.15, 0.2) is 18.2 Å². The van der Waals surface area contributed by atoms with Gasteiger partial charge in [-0.1, -0.05) is 19.4 Å². The standard InChI is InChI=1S/C24H39N3O5S/c1-8-10-16(4)25-21(29)20(17-11-12-19(28)15(3)13-17)27(9-2)22(30)18(14-33)26-23(31)32-24(5,6)7/h11-13,16,18,20,28,33H,8-10,14H2,1-7H3,(H,25,29)(H,26,31). The molecule has 0 aliphatic rings. The molecule has 1 aromatic rings. The zero-order chi connectivity index (χ0) is 25.3. The molecule has 1 rings (SSSR count). The van der Waals surface area contributed by atoms with Crippen molar-refractivity contribution in [1.29, 1.82) is 0 Å². The highest BCUT2D eigenvalue weighted by Crippen LogP contribution is 2.27. The highest BCUT2D eigenvalue weighted by Gasteiger charge is 2.35. The molecule has 8 nitrogen and oxygen atoms in total. The average molecular weight is 482 g/mol. The molecule has 0 radical (unpaired) electrons. The number of alkyl carbamates (subject to hydrolysis) is 1. The van der Waals surface area contributed by atoms with E-state index in [1.165, 1.54) is 11.0 Å². The molecule has 0 bridgehead atoms. The van der Waals surface area contributed by atoms with E-state index in [9.17, 15) is 19.5 Å². The smallest absolute Gasteiger partial charge is 0.408 e. The maximum atomic E-state index is 13.5. The van der Waals surface area contributed by atoms with Crippen molar-refractivity contribution >= 4 is 30.5 Å². The number of aromatic hydroxyl groups is 1. The third kappa shape index (κ3) is 8.79. The van der Waals surface area contributed by atoms with Crippen molar-refractivity contribution in [2.75, 3.05) is 12.3 Å². The minimum absolute atomic E-state index is 0.0315. The molecule has 3 amide bonds. The molecule has 0 aliphatic heterocycles. The van der Waals surface area contributed by atoms with Gasteiger partial charge in [-0.15, -0.1) is 0 Å². The molecule has 3 unspecified atom stereocenters. The Bertz CT molecular complexity index is 825. The lowest BCUT2D eigenvalue weighted by atomic mass is 10.00. The molecule has 0 aliphatic carbocycles. The van der Waals surface area contributed by atoms with Crippen LogP contribution in [-0.4, -0.2) is 57.9 Å². The first-order valence-electron chi connectivity index (χ1n) is 11.3. The summed E-state index contributed by atoms with van der Waals surface area (Å²) in [4.78, 5) is 40.5. The Hall–Kier alpha value is -2.42. The Kier molecular flexibility index (Phi) is 11.0. The number of hydrogen-bond donors (Lipinski definition) is 4. The highest BCUT2D eigenvalue weighted by atomic mass is 32.1. The number of ether oxygens (including phenoxy) is 1. The Balaban J connectivity index is 3.30. The van der Waals surface area contributed by atoms with Crippen LogP contribution in [0.3, 0.4) is 0 Å². The summed E-state index contributed by atoms with van der Waals surface area (Å²) in [5, 5.41) is 15.5. The van der Waals surface area contributed by atoms with Gasteiger partial charge in [-0.25, -0.2) is 4.79 Å². The summed E-state index contributed by atoms with van der Waals surface area (Å²) in [6.07, 6.45) is 0.971. The van der Waals surface area contributed by atoms with Crippen LogP contribution in [-0.2, 0) is 14.3 Å².